The fourth-order valence-electron chi connectivity index (χ4n) is 3.16. The Kier molecular flexibility index (Phi) is 5.16. The lowest BCUT2D eigenvalue weighted by atomic mass is 9.75. The zero-order valence-electron chi connectivity index (χ0n) is 10.8. The van der Waals surface area contributed by atoms with Crippen molar-refractivity contribution in [1.82, 2.24) is 0 Å². The summed E-state index contributed by atoms with van der Waals surface area (Å²) in [5.74, 6) is 1.33. The average molecular weight is 243 g/mol. The number of hydrogen-bond donors (Lipinski definition) is 0. The molecule has 1 aromatic carbocycles. The predicted octanol–water partition coefficient (Wildman–Crippen LogP) is 4.08. The summed E-state index contributed by atoms with van der Waals surface area (Å²) in [6.07, 6.45) is 9.36. The van der Waals surface area contributed by atoms with Gasteiger partial charge in [-0.1, -0.05) is 49.6 Å². The minimum Gasteiger partial charge on any atom is -0.211 e. The summed E-state index contributed by atoms with van der Waals surface area (Å²) < 4.78 is 0. The number of carbonyl (C=O) groups excluding carboxylic acids is 1. The second kappa shape index (κ2) is 7.13. The quantitative estimate of drug-likeness (QED) is 0.566. The van der Waals surface area contributed by atoms with Gasteiger partial charge in [0.1, 0.15) is 0 Å². The van der Waals surface area contributed by atoms with Gasteiger partial charge >= 0.3 is 0 Å². The van der Waals surface area contributed by atoms with Crippen LogP contribution in [0.4, 0.5) is 0 Å². The Morgan fingerprint density at radius 2 is 1.89 bits per heavy atom. The molecule has 2 rings (SSSR count). The fourth-order valence-corrected chi connectivity index (χ4v) is 3.16. The summed E-state index contributed by atoms with van der Waals surface area (Å²) in [5, 5.41) is 0. The molecule has 1 aliphatic rings. The molecule has 0 aliphatic heterocycles. The van der Waals surface area contributed by atoms with Gasteiger partial charge in [0, 0.05) is 0 Å². The van der Waals surface area contributed by atoms with E-state index in [4.69, 9.17) is 0 Å². The molecule has 1 aliphatic carbocycles. The van der Waals surface area contributed by atoms with Crippen LogP contribution in [0.1, 0.15) is 50.0 Å². The molecule has 0 spiro atoms. The van der Waals surface area contributed by atoms with Crippen LogP contribution in [0.3, 0.4) is 0 Å². The SMILES string of the molecule is O=C=NCCC(c1ccccc1)C1CCCCC1. The molecular weight excluding hydrogens is 222 g/mol. The third-order valence-electron chi connectivity index (χ3n) is 4.06. The van der Waals surface area contributed by atoms with E-state index in [0.717, 1.165) is 12.3 Å². The minimum absolute atomic E-state index is 0.559. The highest BCUT2D eigenvalue weighted by molar-refractivity contribution is 5.32. The first-order chi connectivity index (χ1) is 8.92. The molecule has 18 heavy (non-hydrogen) atoms. The largest absolute Gasteiger partial charge is 0.234 e. The fraction of sp³-hybridized carbons (Fsp3) is 0.562. The molecule has 1 aromatic rings. The smallest absolute Gasteiger partial charge is 0.211 e. The van der Waals surface area contributed by atoms with Crippen LogP contribution in [-0.2, 0) is 4.79 Å². The lowest BCUT2D eigenvalue weighted by Gasteiger charge is -2.30. The Labute approximate surface area is 109 Å². The van der Waals surface area contributed by atoms with Crippen molar-refractivity contribution in [3.63, 3.8) is 0 Å². The Balaban J connectivity index is 2.08. The zero-order chi connectivity index (χ0) is 12.6. The van der Waals surface area contributed by atoms with Crippen molar-refractivity contribution in [3.8, 4) is 0 Å². The van der Waals surface area contributed by atoms with Crippen LogP contribution in [0.2, 0.25) is 0 Å². The Morgan fingerprint density at radius 3 is 2.56 bits per heavy atom. The average Bonchev–Trinajstić information content (AvgIpc) is 2.46. The summed E-state index contributed by atoms with van der Waals surface area (Å²) in [5.41, 5.74) is 1.41. The normalized spacial score (nSPS) is 18.0. The van der Waals surface area contributed by atoms with E-state index in [9.17, 15) is 4.79 Å². The highest BCUT2D eigenvalue weighted by atomic mass is 16.1. The van der Waals surface area contributed by atoms with Crippen LogP contribution >= 0.6 is 0 Å². The summed E-state index contributed by atoms with van der Waals surface area (Å²) in [7, 11) is 0. The maximum absolute atomic E-state index is 10.2. The van der Waals surface area contributed by atoms with Crippen molar-refractivity contribution < 1.29 is 4.79 Å². The molecule has 1 saturated carbocycles. The molecule has 1 unspecified atom stereocenters. The molecule has 0 bridgehead atoms. The number of aliphatic imine (C=N–C) groups is 1. The summed E-state index contributed by atoms with van der Waals surface area (Å²) in [6, 6.07) is 10.7. The molecule has 1 atom stereocenters. The zero-order valence-corrected chi connectivity index (χ0v) is 10.8. The van der Waals surface area contributed by atoms with Crippen molar-refractivity contribution in [2.75, 3.05) is 6.54 Å². The third kappa shape index (κ3) is 3.54. The van der Waals surface area contributed by atoms with Crippen molar-refractivity contribution in [1.29, 1.82) is 0 Å². The molecule has 0 N–H and O–H groups in total. The third-order valence-corrected chi connectivity index (χ3v) is 4.06. The van der Waals surface area contributed by atoms with Gasteiger partial charge in [-0.25, -0.2) is 9.79 Å². The number of benzene rings is 1. The molecule has 1 fully saturated rings. The molecule has 2 heteroatoms. The maximum atomic E-state index is 10.2. The number of isocyanates is 1. The Hall–Kier alpha value is -1.40. The highest BCUT2D eigenvalue weighted by Crippen LogP contribution is 2.37. The molecule has 0 heterocycles. The molecular formula is C16H21NO. The van der Waals surface area contributed by atoms with Gasteiger partial charge in [-0.3, -0.25) is 0 Å². The van der Waals surface area contributed by atoms with Crippen molar-refractivity contribution in [3.05, 3.63) is 35.9 Å². The lowest BCUT2D eigenvalue weighted by Crippen LogP contribution is -2.17. The van der Waals surface area contributed by atoms with E-state index in [1.54, 1.807) is 6.08 Å². The van der Waals surface area contributed by atoms with Gasteiger partial charge in [-0.05, 0) is 36.7 Å². The van der Waals surface area contributed by atoms with Gasteiger partial charge in [0.2, 0.25) is 6.08 Å². The number of nitrogens with zero attached hydrogens (tertiary/aromatic N) is 1. The van der Waals surface area contributed by atoms with Gasteiger partial charge in [0.25, 0.3) is 0 Å². The van der Waals surface area contributed by atoms with E-state index in [0.29, 0.717) is 12.5 Å². The monoisotopic (exact) mass is 243 g/mol. The molecule has 2 nitrogen and oxygen atoms in total. The summed E-state index contributed by atoms with van der Waals surface area (Å²) in [4.78, 5) is 13.9. The van der Waals surface area contributed by atoms with Crippen LogP contribution in [-0.4, -0.2) is 12.6 Å². The molecule has 0 aromatic heterocycles. The molecule has 0 radical (unpaired) electrons. The van der Waals surface area contributed by atoms with Crippen molar-refractivity contribution in [2.45, 2.75) is 44.4 Å². The van der Waals surface area contributed by atoms with E-state index in [1.165, 1.54) is 37.7 Å². The van der Waals surface area contributed by atoms with Crippen molar-refractivity contribution >= 4 is 6.08 Å². The lowest BCUT2D eigenvalue weighted by molar-refractivity contribution is 0.296. The first-order valence-corrected chi connectivity index (χ1v) is 7.00. The standard InChI is InChI=1S/C16H21NO/c18-13-17-12-11-16(14-7-3-1-4-8-14)15-9-5-2-6-10-15/h1,3-4,7-8,15-16H,2,5-6,9-12H2. The molecule has 0 saturated heterocycles. The maximum Gasteiger partial charge on any atom is 0.234 e. The van der Waals surface area contributed by atoms with E-state index < -0.39 is 0 Å². The van der Waals surface area contributed by atoms with Crippen LogP contribution < -0.4 is 0 Å². The first kappa shape index (κ1) is 13.0. The number of hydrogen-bond acceptors (Lipinski definition) is 2. The van der Waals surface area contributed by atoms with Crippen LogP contribution in [0.25, 0.3) is 0 Å². The second-order valence-electron chi connectivity index (χ2n) is 5.18. The first-order valence-electron chi connectivity index (χ1n) is 7.00. The minimum atomic E-state index is 0.559. The van der Waals surface area contributed by atoms with Crippen molar-refractivity contribution in [2.24, 2.45) is 10.9 Å². The summed E-state index contributed by atoms with van der Waals surface area (Å²) in [6.45, 7) is 0.611. The van der Waals surface area contributed by atoms with E-state index in [2.05, 4.69) is 35.3 Å². The van der Waals surface area contributed by atoms with Gasteiger partial charge in [-0.2, -0.15) is 0 Å². The Morgan fingerprint density at radius 1 is 1.17 bits per heavy atom. The van der Waals surface area contributed by atoms with Gasteiger partial charge < -0.3 is 0 Å². The van der Waals surface area contributed by atoms with Gasteiger partial charge in [0.05, 0.1) is 6.54 Å². The topological polar surface area (TPSA) is 29.4 Å². The summed E-state index contributed by atoms with van der Waals surface area (Å²) >= 11 is 0. The van der Waals surface area contributed by atoms with Crippen LogP contribution in [0.15, 0.2) is 35.3 Å². The van der Waals surface area contributed by atoms with Crippen LogP contribution in [0, 0.1) is 5.92 Å². The predicted molar refractivity (Wildman–Crippen MR) is 73.4 cm³/mol. The van der Waals surface area contributed by atoms with E-state index in [1.807, 2.05) is 0 Å². The second-order valence-corrected chi connectivity index (χ2v) is 5.18. The molecule has 0 amide bonds. The highest BCUT2D eigenvalue weighted by Gasteiger charge is 2.24. The Bertz CT molecular complexity index is 389. The van der Waals surface area contributed by atoms with E-state index in [-0.39, 0.29) is 0 Å². The van der Waals surface area contributed by atoms with E-state index >= 15 is 0 Å². The number of rotatable bonds is 5. The molecule has 96 valence electrons. The van der Waals surface area contributed by atoms with Gasteiger partial charge in [-0.15, -0.1) is 0 Å². The van der Waals surface area contributed by atoms with Crippen LogP contribution in [0.5, 0.6) is 0 Å². The van der Waals surface area contributed by atoms with Gasteiger partial charge in [0.15, 0.2) is 0 Å².